The molecule has 7 nitrogen and oxygen atoms in total. The lowest BCUT2D eigenvalue weighted by atomic mass is 10.1. The maximum absolute atomic E-state index is 12.7. The van der Waals surface area contributed by atoms with Crippen LogP contribution in [0.3, 0.4) is 0 Å². The predicted molar refractivity (Wildman–Crippen MR) is 107 cm³/mol. The Labute approximate surface area is 160 Å². The van der Waals surface area contributed by atoms with Gasteiger partial charge in [0, 0.05) is 31.9 Å². The first-order chi connectivity index (χ1) is 13.0. The predicted octanol–water partition coefficient (Wildman–Crippen LogP) is 3.02. The second kappa shape index (κ2) is 8.24. The van der Waals surface area contributed by atoms with Gasteiger partial charge in [0.1, 0.15) is 0 Å². The Morgan fingerprint density at radius 3 is 2.44 bits per heavy atom. The zero-order valence-corrected chi connectivity index (χ0v) is 16.5. The van der Waals surface area contributed by atoms with E-state index in [0.29, 0.717) is 24.8 Å². The zero-order chi connectivity index (χ0) is 19.4. The summed E-state index contributed by atoms with van der Waals surface area (Å²) in [7, 11) is 1.53. The van der Waals surface area contributed by atoms with E-state index < -0.39 is 0 Å². The molecule has 0 radical (unpaired) electrons. The molecule has 2 aromatic rings. The van der Waals surface area contributed by atoms with Gasteiger partial charge < -0.3 is 14.5 Å². The summed E-state index contributed by atoms with van der Waals surface area (Å²) in [5.74, 6) is 0.700. The van der Waals surface area contributed by atoms with Crippen molar-refractivity contribution in [3.8, 4) is 5.88 Å². The van der Waals surface area contributed by atoms with Crippen molar-refractivity contribution in [1.29, 1.82) is 0 Å². The molecule has 1 aliphatic rings. The summed E-state index contributed by atoms with van der Waals surface area (Å²) in [5, 5.41) is 2.85. The molecule has 0 atom stereocenters. The van der Waals surface area contributed by atoms with Crippen LogP contribution in [0.2, 0.25) is 0 Å². The van der Waals surface area contributed by atoms with Crippen LogP contribution >= 0.6 is 0 Å². The summed E-state index contributed by atoms with van der Waals surface area (Å²) < 4.78 is 5.25. The number of methoxy groups -OCH3 is 1. The molecule has 27 heavy (non-hydrogen) atoms. The van der Waals surface area contributed by atoms with Crippen molar-refractivity contribution in [2.24, 2.45) is 0 Å². The van der Waals surface area contributed by atoms with Crippen LogP contribution in [0.5, 0.6) is 5.88 Å². The highest BCUT2D eigenvalue weighted by Crippen LogP contribution is 2.24. The van der Waals surface area contributed by atoms with Gasteiger partial charge in [0.05, 0.1) is 18.5 Å². The first-order valence-electron chi connectivity index (χ1n) is 9.31. The molecular formula is C20H27N5O2. The molecule has 2 heterocycles. The van der Waals surface area contributed by atoms with Crippen molar-refractivity contribution in [2.45, 2.75) is 27.2 Å². The summed E-state index contributed by atoms with van der Waals surface area (Å²) in [6.45, 7) is 8.82. The maximum atomic E-state index is 12.7. The van der Waals surface area contributed by atoms with E-state index in [-0.39, 0.29) is 6.03 Å². The number of hydrogen-bond donors (Lipinski definition) is 1. The minimum atomic E-state index is -0.172. The molecular weight excluding hydrogens is 342 g/mol. The number of aryl methyl sites for hydroxylation is 3. The minimum absolute atomic E-state index is 0.172. The van der Waals surface area contributed by atoms with Crippen LogP contribution in [0, 0.1) is 13.8 Å². The number of nitrogens with one attached hydrogen (secondary N) is 1. The average Bonchev–Trinajstić information content (AvgIpc) is 2.70. The molecule has 2 amide bonds. The number of nitrogens with zero attached hydrogens (tertiary/aromatic N) is 4. The van der Waals surface area contributed by atoms with Gasteiger partial charge in [-0.25, -0.2) is 14.8 Å². The molecule has 1 saturated heterocycles. The topological polar surface area (TPSA) is 70.6 Å². The number of piperazine rings is 1. The Hall–Kier alpha value is -2.83. The molecule has 144 valence electrons. The largest absolute Gasteiger partial charge is 0.478 e. The molecule has 0 aliphatic carbocycles. The van der Waals surface area contributed by atoms with E-state index in [0.717, 1.165) is 30.9 Å². The fourth-order valence-corrected chi connectivity index (χ4v) is 3.26. The quantitative estimate of drug-likeness (QED) is 0.897. The third-order valence-corrected chi connectivity index (χ3v) is 4.97. The van der Waals surface area contributed by atoms with E-state index >= 15 is 0 Å². The van der Waals surface area contributed by atoms with Gasteiger partial charge in [-0.3, -0.25) is 5.32 Å². The molecule has 1 aromatic carbocycles. The van der Waals surface area contributed by atoms with Crippen molar-refractivity contribution in [3.63, 3.8) is 0 Å². The lowest BCUT2D eigenvalue weighted by Crippen LogP contribution is -2.50. The molecule has 7 heteroatoms. The summed E-state index contributed by atoms with van der Waals surface area (Å²) in [5.41, 5.74) is 4.16. The Morgan fingerprint density at radius 1 is 1.11 bits per heavy atom. The number of carbonyl (C=O) groups is 1. The third kappa shape index (κ3) is 4.13. The fraction of sp³-hybridized carbons (Fsp3) is 0.450. The Balaban J connectivity index is 1.65. The van der Waals surface area contributed by atoms with Gasteiger partial charge >= 0.3 is 6.03 Å². The van der Waals surface area contributed by atoms with Gasteiger partial charge in [-0.05, 0) is 31.9 Å². The molecule has 0 spiro atoms. The highest BCUT2D eigenvalue weighted by Gasteiger charge is 2.24. The van der Waals surface area contributed by atoms with Gasteiger partial charge in [0.15, 0.2) is 5.82 Å². The Morgan fingerprint density at radius 2 is 1.78 bits per heavy atom. The van der Waals surface area contributed by atoms with Crippen LogP contribution in [0.4, 0.5) is 16.3 Å². The van der Waals surface area contributed by atoms with Crippen LogP contribution in [0.1, 0.15) is 23.9 Å². The summed E-state index contributed by atoms with van der Waals surface area (Å²) >= 11 is 0. The van der Waals surface area contributed by atoms with Crippen LogP contribution in [-0.4, -0.2) is 54.2 Å². The fourth-order valence-electron chi connectivity index (χ4n) is 3.26. The molecule has 1 N–H and O–H groups in total. The van der Waals surface area contributed by atoms with Crippen molar-refractivity contribution in [1.82, 2.24) is 14.9 Å². The summed E-state index contributed by atoms with van der Waals surface area (Å²) in [6.07, 6.45) is 1.00. The number of ether oxygens (including phenoxy) is 1. The number of rotatable bonds is 4. The van der Waals surface area contributed by atoms with Crippen molar-refractivity contribution in [3.05, 3.63) is 41.2 Å². The maximum Gasteiger partial charge on any atom is 0.323 e. The van der Waals surface area contributed by atoms with Gasteiger partial charge in [-0.15, -0.1) is 0 Å². The lowest BCUT2D eigenvalue weighted by molar-refractivity contribution is 0.208. The van der Waals surface area contributed by atoms with E-state index in [4.69, 9.17) is 4.74 Å². The van der Waals surface area contributed by atoms with Crippen molar-refractivity contribution >= 4 is 17.5 Å². The highest BCUT2D eigenvalue weighted by atomic mass is 16.5. The normalized spacial score (nSPS) is 14.2. The van der Waals surface area contributed by atoms with E-state index in [9.17, 15) is 4.79 Å². The average molecular weight is 369 g/mol. The second-order valence-electron chi connectivity index (χ2n) is 6.64. The first-order valence-corrected chi connectivity index (χ1v) is 9.31. The Kier molecular flexibility index (Phi) is 5.78. The van der Waals surface area contributed by atoms with E-state index in [1.165, 1.54) is 18.4 Å². The number of aromatic nitrogens is 2. The van der Waals surface area contributed by atoms with Crippen molar-refractivity contribution in [2.75, 3.05) is 43.5 Å². The summed E-state index contributed by atoms with van der Waals surface area (Å²) in [6, 6.07) is 8.29. The number of hydrogen-bond acceptors (Lipinski definition) is 5. The number of anilines is 2. The lowest BCUT2D eigenvalue weighted by Gasteiger charge is -2.36. The second-order valence-corrected chi connectivity index (χ2v) is 6.64. The van der Waals surface area contributed by atoms with Crippen LogP contribution < -0.4 is 15.0 Å². The first kappa shape index (κ1) is 18.9. The smallest absolute Gasteiger partial charge is 0.323 e. The van der Waals surface area contributed by atoms with Gasteiger partial charge in [-0.1, -0.05) is 25.1 Å². The monoisotopic (exact) mass is 369 g/mol. The number of carbonyl (C=O) groups excluding carboxylic acids is 1. The molecule has 0 saturated carbocycles. The number of benzene rings is 1. The number of urea groups is 1. The summed E-state index contributed by atoms with van der Waals surface area (Å²) in [4.78, 5) is 25.6. The number of amides is 2. The zero-order valence-electron chi connectivity index (χ0n) is 16.5. The van der Waals surface area contributed by atoms with E-state index in [2.05, 4.69) is 51.4 Å². The van der Waals surface area contributed by atoms with Gasteiger partial charge in [-0.2, -0.15) is 0 Å². The minimum Gasteiger partial charge on any atom is -0.478 e. The van der Waals surface area contributed by atoms with Gasteiger partial charge in [0.2, 0.25) is 0 Å². The van der Waals surface area contributed by atoms with Crippen LogP contribution in [-0.2, 0) is 6.42 Å². The SMILES string of the molecule is CCc1ccccc1N1CCN(C(=O)Nc2nc(C)c(C)nc2OC)CC1. The Bertz CT molecular complexity index is 816. The molecule has 0 bridgehead atoms. The molecule has 0 unspecified atom stereocenters. The van der Waals surface area contributed by atoms with Crippen LogP contribution in [0.15, 0.2) is 24.3 Å². The van der Waals surface area contributed by atoms with Gasteiger partial charge in [0.25, 0.3) is 5.88 Å². The van der Waals surface area contributed by atoms with E-state index in [1.807, 2.05) is 13.8 Å². The molecule has 1 aliphatic heterocycles. The molecule has 3 rings (SSSR count). The number of para-hydroxylation sites is 1. The van der Waals surface area contributed by atoms with Crippen LogP contribution in [0.25, 0.3) is 0 Å². The third-order valence-electron chi connectivity index (χ3n) is 4.97. The molecule has 1 fully saturated rings. The standard InChI is InChI=1S/C20H27N5O2/c1-5-16-8-6-7-9-17(16)24-10-12-25(13-11-24)20(26)23-18-19(27-4)22-15(3)14(2)21-18/h6-9H,5,10-13H2,1-4H3,(H,21,23,26). The van der Waals surface area contributed by atoms with E-state index in [1.54, 1.807) is 4.90 Å². The molecule has 1 aromatic heterocycles. The highest BCUT2D eigenvalue weighted by molar-refractivity contribution is 5.89. The van der Waals surface area contributed by atoms with Crippen molar-refractivity contribution < 1.29 is 9.53 Å².